The Morgan fingerprint density at radius 1 is 0.615 bits per heavy atom. The van der Waals surface area contributed by atoms with Crippen LogP contribution in [-0.2, 0) is 6.54 Å². The summed E-state index contributed by atoms with van der Waals surface area (Å²) in [5, 5.41) is 6.04. The van der Waals surface area contributed by atoms with Crippen LogP contribution in [0.2, 0.25) is 0 Å². The smallest absolute Gasteiger partial charge is 0.0406 e. The highest BCUT2D eigenvalue weighted by molar-refractivity contribution is 5.86. The van der Waals surface area contributed by atoms with Crippen molar-refractivity contribution in [2.45, 2.75) is 6.54 Å². The summed E-state index contributed by atoms with van der Waals surface area (Å²) in [4.78, 5) is 0. The van der Waals surface area contributed by atoms with Crippen molar-refractivity contribution in [3.63, 3.8) is 0 Å². The predicted octanol–water partition coefficient (Wildman–Crippen LogP) is 6.62. The van der Waals surface area contributed by atoms with Gasteiger partial charge in [-0.1, -0.05) is 91.0 Å². The average Bonchev–Trinajstić information content (AvgIpc) is 2.72. The highest BCUT2D eigenvalue weighted by Crippen LogP contribution is 2.19. The molecule has 1 nitrogen and oxygen atoms in total. The number of nitrogens with one attached hydrogen (secondary N) is 1. The van der Waals surface area contributed by atoms with Crippen LogP contribution < -0.4 is 5.32 Å². The van der Waals surface area contributed by atoms with Crippen LogP contribution >= 0.6 is 0 Å². The van der Waals surface area contributed by atoms with Crippen LogP contribution in [0.3, 0.4) is 0 Å². The summed E-state index contributed by atoms with van der Waals surface area (Å²) in [5.74, 6) is 0. The van der Waals surface area contributed by atoms with E-state index in [9.17, 15) is 0 Å². The molecule has 4 rings (SSSR count). The van der Waals surface area contributed by atoms with Crippen molar-refractivity contribution in [1.82, 2.24) is 0 Å². The number of hydrogen-bond donors (Lipinski definition) is 1. The monoisotopic (exact) mass is 335 g/mol. The van der Waals surface area contributed by atoms with Gasteiger partial charge >= 0.3 is 0 Å². The van der Waals surface area contributed by atoms with Gasteiger partial charge in [0.15, 0.2) is 0 Å². The van der Waals surface area contributed by atoms with E-state index in [1.807, 2.05) is 18.2 Å². The van der Waals surface area contributed by atoms with Crippen LogP contribution in [0.15, 0.2) is 97.1 Å². The Labute approximate surface area is 154 Å². The summed E-state index contributed by atoms with van der Waals surface area (Å²) in [6, 6.07) is 33.9. The highest BCUT2D eigenvalue weighted by atomic mass is 14.9. The number of anilines is 1. The number of para-hydroxylation sites is 1. The molecule has 0 aromatic heterocycles. The zero-order valence-corrected chi connectivity index (χ0v) is 14.6. The summed E-state index contributed by atoms with van der Waals surface area (Å²) < 4.78 is 0. The molecule has 0 unspecified atom stereocenters. The van der Waals surface area contributed by atoms with Crippen molar-refractivity contribution < 1.29 is 0 Å². The number of rotatable bonds is 5. The third-order valence-corrected chi connectivity index (χ3v) is 4.54. The minimum Gasteiger partial charge on any atom is -0.381 e. The van der Waals surface area contributed by atoms with Crippen LogP contribution in [0, 0.1) is 0 Å². The van der Waals surface area contributed by atoms with Crippen LogP contribution in [-0.4, -0.2) is 0 Å². The van der Waals surface area contributed by atoms with Gasteiger partial charge in [0.05, 0.1) is 0 Å². The number of hydrogen-bond acceptors (Lipinski definition) is 1. The lowest BCUT2D eigenvalue weighted by molar-refractivity contribution is 1.14. The molecule has 1 N–H and O–H groups in total. The van der Waals surface area contributed by atoms with Crippen LogP contribution in [0.1, 0.15) is 16.7 Å². The Hall–Kier alpha value is -3.32. The summed E-state index contributed by atoms with van der Waals surface area (Å²) in [5.41, 5.74) is 4.88. The fourth-order valence-electron chi connectivity index (χ4n) is 3.11. The molecule has 0 spiro atoms. The fraction of sp³-hybridized carbons (Fsp3) is 0.0400. The Balaban J connectivity index is 1.54. The molecule has 0 aliphatic rings. The topological polar surface area (TPSA) is 12.0 Å². The molecule has 0 saturated carbocycles. The standard InChI is InChI=1S/C25H21N/c1-2-12-25(13-3-1)26-19-24-11-7-5-9-22(24)17-15-20-14-16-21-8-4-6-10-23(21)18-20/h1-18,26H,19H2/b17-15+. The molecule has 0 fully saturated rings. The molecule has 0 saturated heterocycles. The Bertz CT molecular complexity index is 1030. The van der Waals surface area contributed by atoms with Gasteiger partial charge in [-0.2, -0.15) is 0 Å². The first-order chi connectivity index (χ1) is 12.9. The zero-order valence-electron chi connectivity index (χ0n) is 14.6. The maximum absolute atomic E-state index is 3.49. The van der Waals surface area contributed by atoms with Gasteiger partial charge in [-0.3, -0.25) is 0 Å². The van der Waals surface area contributed by atoms with Crippen molar-refractivity contribution in [3.8, 4) is 0 Å². The third-order valence-electron chi connectivity index (χ3n) is 4.54. The Morgan fingerprint density at radius 3 is 2.23 bits per heavy atom. The molecule has 1 heteroatoms. The van der Waals surface area contributed by atoms with Gasteiger partial charge < -0.3 is 5.32 Å². The SMILES string of the molecule is C(=C\c1ccccc1CNc1ccccc1)/c1ccc2ccccc2c1. The molecule has 0 atom stereocenters. The molecule has 0 bridgehead atoms. The molecule has 0 radical (unpaired) electrons. The first-order valence-electron chi connectivity index (χ1n) is 8.92. The van der Waals surface area contributed by atoms with Gasteiger partial charge in [0.25, 0.3) is 0 Å². The van der Waals surface area contributed by atoms with Crippen LogP contribution in [0.25, 0.3) is 22.9 Å². The van der Waals surface area contributed by atoms with Crippen molar-refractivity contribution in [2.24, 2.45) is 0 Å². The van der Waals surface area contributed by atoms with Gasteiger partial charge in [0, 0.05) is 12.2 Å². The molecule has 26 heavy (non-hydrogen) atoms. The highest BCUT2D eigenvalue weighted by Gasteiger charge is 1.99. The lowest BCUT2D eigenvalue weighted by Gasteiger charge is -2.09. The van der Waals surface area contributed by atoms with Gasteiger partial charge in [-0.25, -0.2) is 0 Å². The Morgan fingerprint density at radius 2 is 1.35 bits per heavy atom. The molecular weight excluding hydrogens is 314 g/mol. The zero-order chi connectivity index (χ0) is 17.6. The summed E-state index contributed by atoms with van der Waals surface area (Å²) in [7, 11) is 0. The van der Waals surface area contributed by atoms with E-state index in [4.69, 9.17) is 0 Å². The maximum atomic E-state index is 3.49. The lowest BCUT2D eigenvalue weighted by Crippen LogP contribution is -2.00. The molecular formula is C25H21N. The minimum absolute atomic E-state index is 0.808. The van der Waals surface area contributed by atoms with Gasteiger partial charge in [-0.05, 0) is 45.7 Å². The lowest BCUT2D eigenvalue weighted by atomic mass is 10.0. The van der Waals surface area contributed by atoms with E-state index in [0.717, 1.165) is 12.2 Å². The first kappa shape index (κ1) is 16.2. The first-order valence-corrected chi connectivity index (χ1v) is 8.92. The van der Waals surface area contributed by atoms with E-state index >= 15 is 0 Å². The summed E-state index contributed by atoms with van der Waals surface area (Å²) >= 11 is 0. The van der Waals surface area contributed by atoms with E-state index < -0.39 is 0 Å². The van der Waals surface area contributed by atoms with E-state index in [0.29, 0.717) is 0 Å². The second-order valence-electron chi connectivity index (χ2n) is 6.36. The van der Waals surface area contributed by atoms with Crippen molar-refractivity contribution in [2.75, 3.05) is 5.32 Å². The van der Waals surface area contributed by atoms with Crippen molar-refractivity contribution in [3.05, 3.63) is 114 Å². The molecule has 0 aliphatic carbocycles. The molecule has 4 aromatic carbocycles. The van der Waals surface area contributed by atoms with E-state index in [2.05, 4.69) is 96.3 Å². The van der Waals surface area contributed by atoms with E-state index in [1.54, 1.807) is 0 Å². The van der Waals surface area contributed by atoms with E-state index in [1.165, 1.54) is 27.5 Å². The Kier molecular flexibility index (Phi) is 4.79. The third kappa shape index (κ3) is 3.84. The second kappa shape index (κ2) is 7.71. The second-order valence-corrected chi connectivity index (χ2v) is 6.36. The van der Waals surface area contributed by atoms with Gasteiger partial charge in [0.1, 0.15) is 0 Å². The maximum Gasteiger partial charge on any atom is 0.0406 e. The molecule has 126 valence electrons. The molecule has 4 aromatic rings. The van der Waals surface area contributed by atoms with Gasteiger partial charge in [-0.15, -0.1) is 0 Å². The normalized spacial score (nSPS) is 11.1. The molecule has 0 amide bonds. The molecule has 0 aliphatic heterocycles. The molecule has 0 heterocycles. The van der Waals surface area contributed by atoms with Crippen molar-refractivity contribution >= 4 is 28.6 Å². The largest absolute Gasteiger partial charge is 0.381 e. The quantitative estimate of drug-likeness (QED) is 0.404. The summed E-state index contributed by atoms with van der Waals surface area (Å²) in [6.07, 6.45) is 4.39. The predicted molar refractivity (Wildman–Crippen MR) is 113 cm³/mol. The average molecular weight is 335 g/mol. The van der Waals surface area contributed by atoms with Gasteiger partial charge in [0.2, 0.25) is 0 Å². The van der Waals surface area contributed by atoms with Crippen molar-refractivity contribution in [1.29, 1.82) is 0 Å². The van der Waals surface area contributed by atoms with E-state index in [-0.39, 0.29) is 0 Å². The number of fused-ring (bicyclic) bond motifs is 1. The summed E-state index contributed by atoms with van der Waals surface area (Å²) in [6.45, 7) is 0.808. The van der Waals surface area contributed by atoms with Crippen LogP contribution in [0.5, 0.6) is 0 Å². The number of benzene rings is 4. The van der Waals surface area contributed by atoms with Crippen LogP contribution in [0.4, 0.5) is 5.69 Å². The fourth-order valence-corrected chi connectivity index (χ4v) is 3.11. The minimum atomic E-state index is 0.808.